The highest BCUT2D eigenvalue weighted by Gasteiger charge is 2.25. The Labute approximate surface area is 202 Å². The van der Waals surface area contributed by atoms with E-state index in [0.29, 0.717) is 28.6 Å². The SMILES string of the molecule is Cc1cc(CNC2CCC(Nc3nccc(/C=C4/SC(=O)NC4=O)n3)CC2)c2ccccc2n1. The first-order valence-corrected chi connectivity index (χ1v) is 12.3. The van der Waals surface area contributed by atoms with Crippen molar-refractivity contribution in [2.45, 2.75) is 51.2 Å². The lowest BCUT2D eigenvalue weighted by molar-refractivity contribution is -0.115. The van der Waals surface area contributed by atoms with Crippen molar-refractivity contribution < 1.29 is 9.59 Å². The van der Waals surface area contributed by atoms with Gasteiger partial charge in [0.25, 0.3) is 11.1 Å². The second-order valence-electron chi connectivity index (χ2n) is 8.67. The van der Waals surface area contributed by atoms with E-state index in [1.165, 1.54) is 10.9 Å². The third-order valence-electron chi connectivity index (χ3n) is 6.17. The van der Waals surface area contributed by atoms with Gasteiger partial charge in [-0.1, -0.05) is 18.2 Å². The Hall–Kier alpha value is -3.30. The average molecular weight is 475 g/mol. The van der Waals surface area contributed by atoms with Gasteiger partial charge in [0.15, 0.2) is 0 Å². The lowest BCUT2D eigenvalue weighted by atomic mass is 9.91. The number of nitrogens with zero attached hydrogens (tertiary/aromatic N) is 3. The molecule has 2 aromatic heterocycles. The fraction of sp³-hybridized carbons (Fsp3) is 0.320. The summed E-state index contributed by atoms with van der Waals surface area (Å²) in [4.78, 5) is 36.9. The molecule has 0 spiro atoms. The fourth-order valence-electron chi connectivity index (χ4n) is 4.50. The average Bonchev–Trinajstić information content (AvgIpc) is 3.14. The van der Waals surface area contributed by atoms with Crippen LogP contribution in [0.15, 0.2) is 47.5 Å². The zero-order chi connectivity index (χ0) is 23.5. The summed E-state index contributed by atoms with van der Waals surface area (Å²) in [6.07, 6.45) is 7.47. The van der Waals surface area contributed by atoms with Crippen molar-refractivity contribution in [3.63, 3.8) is 0 Å². The number of aryl methyl sites for hydroxylation is 1. The van der Waals surface area contributed by atoms with Crippen LogP contribution in [0.4, 0.5) is 10.7 Å². The number of hydrogen-bond donors (Lipinski definition) is 3. The predicted octanol–water partition coefficient (Wildman–Crippen LogP) is 4.17. The lowest BCUT2D eigenvalue weighted by Gasteiger charge is -2.30. The number of hydrogen-bond acceptors (Lipinski definition) is 8. The van der Waals surface area contributed by atoms with E-state index in [0.717, 1.165) is 55.2 Å². The van der Waals surface area contributed by atoms with E-state index in [4.69, 9.17) is 0 Å². The van der Waals surface area contributed by atoms with Gasteiger partial charge in [0, 0.05) is 35.9 Å². The minimum atomic E-state index is -0.385. The largest absolute Gasteiger partial charge is 0.351 e. The van der Waals surface area contributed by atoms with Crippen molar-refractivity contribution in [1.29, 1.82) is 0 Å². The molecule has 5 rings (SSSR count). The van der Waals surface area contributed by atoms with E-state index in [-0.39, 0.29) is 11.1 Å². The molecule has 8 nitrogen and oxygen atoms in total. The smallest absolute Gasteiger partial charge is 0.290 e. The second kappa shape index (κ2) is 9.90. The summed E-state index contributed by atoms with van der Waals surface area (Å²) in [5.74, 6) is 0.156. The van der Waals surface area contributed by atoms with E-state index in [9.17, 15) is 9.59 Å². The van der Waals surface area contributed by atoms with Gasteiger partial charge in [-0.15, -0.1) is 0 Å². The van der Waals surface area contributed by atoms with Gasteiger partial charge < -0.3 is 10.6 Å². The monoisotopic (exact) mass is 474 g/mol. The molecule has 34 heavy (non-hydrogen) atoms. The zero-order valence-corrected chi connectivity index (χ0v) is 19.7. The summed E-state index contributed by atoms with van der Waals surface area (Å²) in [6.45, 7) is 2.88. The Morgan fingerprint density at radius 3 is 2.68 bits per heavy atom. The lowest BCUT2D eigenvalue weighted by Crippen LogP contribution is -2.37. The molecule has 3 aromatic rings. The molecule has 1 saturated heterocycles. The number of carbonyl (C=O) groups is 2. The minimum absolute atomic E-state index is 0.302. The number of fused-ring (bicyclic) bond motifs is 1. The Bertz CT molecular complexity index is 1270. The highest BCUT2D eigenvalue weighted by atomic mass is 32.2. The first-order valence-electron chi connectivity index (χ1n) is 11.5. The first kappa shape index (κ1) is 22.5. The second-order valence-corrected chi connectivity index (χ2v) is 9.69. The van der Waals surface area contributed by atoms with Crippen LogP contribution in [0.25, 0.3) is 17.0 Å². The van der Waals surface area contributed by atoms with Crippen LogP contribution >= 0.6 is 11.8 Å². The van der Waals surface area contributed by atoms with E-state index < -0.39 is 0 Å². The highest BCUT2D eigenvalue weighted by molar-refractivity contribution is 8.18. The number of imide groups is 1. The molecule has 0 atom stereocenters. The molecule has 1 aromatic carbocycles. The Balaban J connectivity index is 1.15. The molecule has 1 saturated carbocycles. The molecule has 0 radical (unpaired) electrons. The number of amides is 2. The van der Waals surface area contributed by atoms with Crippen molar-refractivity contribution >= 4 is 45.8 Å². The molecular formula is C25H26N6O2S. The third-order valence-corrected chi connectivity index (χ3v) is 6.98. The minimum Gasteiger partial charge on any atom is -0.351 e. The molecule has 9 heteroatoms. The number of pyridine rings is 1. The maximum Gasteiger partial charge on any atom is 0.290 e. The molecule has 2 amide bonds. The number of rotatable bonds is 6. The van der Waals surface area contributed by atoms with Gasteiger partial charge in [-0.25, -0.2) is 9.97 Å². The van der Waals surface area contributed by atoms with Crippen LogP contribution < -0.4 is 16.0 Å². The molecule has 3 heterocycles. The van der Waals surface area contributed by atoms with Crippen LogP contribution in [0.5, 0.6) is 0 Å². The van der Waals surface area contributed by atoms with Crippen molar-refractivity contribution in [2.24, 2.45) is 0 Å². The van der Waals surface area contributed by atoms with Gasteiger partial charge in [-0.2, -0.15) is 0 Å². The summed E-state index contributed by atoms with van der Waals surface area (Å²) in [5.41, 5.74) is 3.97. The topological polar surface area (TPSA) is 109 Å². The van der Waals surface area contributed by atoms with Gasteiger partial charge in [0.2, 0.25) is 5.95 Å². The third kappa shape index (κ3) is 5.26. The number of aromatic nitrogens is 3. The Kier molecular flexibility index (Phi) is 6.55. The molecule has 2 fully saturated rings. The zero-order valence-electron chi connectivity index (χ0n) is 18.9. The van der Waals surface area contributed by atoms with Crippen LogP contribution in [-0.4, -0.2) is 38.2 Å². The summed E-state index contributed by atoms with van der Waals surface area (Å²) >= 11 is 0.885. The van der Waals surface area contributed by atoms with Crippen molar-refractivity contribution in [1.82, 2.24) is 25.6 Å². The number of benzene rings is 1. The maximum atomic E-state index is 11.8. The van der Waals surface area contributed by atoms with Crippen LogP contribution in [0.2, 0.25) is 0 Å². The van der Waals surface area contributed by atoms with Crippen LogP contribution in [0.3, 0.4) is 0 Å². The molecule has 0 bridgehead atoms. The Morgan fingerprint density at radius 2 is 1.88 bits per heavy atom. The van der Waals surface area contributed by atoms with Crippen molar-refractivity contribution in [3.05, 3.63) is 64.5 Å². The fourth-order valence-corrected chi connectivity index (χ4v) is 5.16. The van der Waals surface area contributed by atoms with Gasteiger partial charge in [0.05, 0.1) is 16.1 Å². The summed E-state index contributed by atoms with van der Waals surface area (Å²) in [5, 5.41) is 10.3. The highest BCUT2D eigenvalue weighted by Crippen LogP contribution is 2.26. The van der Waals surface area contributed by atoms with Crippen molar-refractivity contribution in [2.75, 3.05) is 5.32 Å². The molecule has 2 aliphatic rings. The molecule has 3 N–H and O–H groups in total. The van der Waals surface area contributed by atoms with Crippen LogP contribution in [0, 0.1) is 6.92 Å². The van der Waals surface area contributed by atoms with Gasteiger partial charge in [-0.3, -0.25) is 19.9 Å². The van der Waals surface area contributed by atoms with Crippen molar-refractivity contribution in [3.8, 4) is 0 Å². The molecule has 174 valence electrons. The summed E-state index contributed by atoms with van der Waals surface area (Å²) in [6, 6.07) is 13.0. The molecule has 0 unspecified atom stereocenters. The first-order chi connectivity index (χ1) is 16.5. The predicted molar refractivity (Wildman–Crippen MR) is 134 cm³/mol. The number of anilines is 1. The standard InChI is InChI=1S/C25H26N6O2S/c1-15-12-16(20-4-2-3-5-21(20)28-15)14-27-17-6-8-18(9-7-17)29-24-26-11-10-19(30-24)13-22-23(32)31-25(33)34-22/h2-5,10-13,17-18,27H,6-9,14H2,1H3,(H,26,29,30)(H,31,32,33)/b22-13+. The number of thioether (sulfide) groups is 1. The van der Waals surface area contributed by atoms with E-state index >= 15 is 0 Å². The van der Waals surface area contributed by atoms with Gasteiger partial charge in [0.1, 0.15) is 0 Å². The molecular weight excluding hydrogens is 448 g/mol. The number of carbonyl (C=O) groups excluding carboxylic acids is 2. The summed E-state index contributed by atoms with van der Waals surface area (Å²) in [7, 11) is 0. The maximum absolute atomic E-state index is 11.8. The quantitative estimate of drug-likeness (QED) is 0.457. The van der Waals surface area contributed by atoms with Gasteiger partial charge in [-0.05, 0) is 74.2 Å². The molecule has 1 aliphatic carbocycles. The van der Waals surface area contributed by atoms with Crippen LogP contribution in [-0.2, 0) is 11.3 Å². The Morgan fingerprint density at radius 1 is 1.09 bits per heavy atom. The summed E-state index contributed by atoms with van der Waals surface area (Å²) < 4.78 is 0. The van der Waals surface area contributed by atoms with Gasteiger partial charge >= 0.3 is 0 Å². The van der Waals surface area contributed by atoms with Crippen LogP contribution in [0.1, 0.15) is 42.6 Å². The number of nitrogens with one attached hydrogen (secondary N) is 3. The van der Waals surface area contributed by atoms with E-state index in [1.807, 2.05) is 13.0 Å². The van der Waals surface area contributed by atoms with E-state index in [1.54, 1.807) is 18.3 Å². The normalized spacial score (nSPS) is 21.7. The van der Waals surface area contributed by atoms with E-state index in [2.05, 4.69) is 55.2 Å². The molecule has 1 aliphatic heterocycles. The number of para-hydroxylation sites is 1.